The third kappa shape index (κ3) is 4.46. The molecule has 0 N–H and O–H groups in total. The fourth-order valence-electron chi connectivity index (χ4n) is 3.55. The monoisotopic (exact) mass is 389 g/mol. The minimum Gasteiger partial charge on any atom is -0.339 e. The van der Waals surface area contributed by atoms with E-state index in [0.29, 0.717) is 32.7 Å². The van der Waals surface area contributed by atoms with Crippen LogP contribution >= 0.6 is 11.8 Å². The summed E-state index contributed by atoms with van der Waals surface area (Å²) in [6, 6.07) is 8.62. The number of rotatable bonds is 6. The second kappa shape index (κ2) is 9.26. The van der Waals surface area contributed by atoms with Gasteiger partial charge in [0.1, 0.15) is 6.04 Å². The van der Waals surface area contributed by atoms with Crippen LogP contribution in [-0.2, 0) is 14.4 Å². The largest absolute Gasteiger partial charge is 0.339 e. The van der Waals surface area contributed by atoms with Gasteiger partial charge < -0.3 is 14.7 Å². The molecule has 0 aliphatic carbocycles. The van der Waals surface area contributed by atoms with Gasteiger partial charge in [-0.15, -0.1) is 0 Å². The van der Waals surface area contributed by atoms with Gasteiger partial charge in [-0.2, -0.15) is 11.8 Å². The van der Waals surface area contributed by atoms with Crippen molar-refractivity contribution < 1.29 is 14.4 Å². The average Bonchev–Trinajstić information content (AvgIpc) is 2.72. The molecule has 3 amide bonds. The molecule has 0 unspecified atom stereocenters. The number of carbonyl (C=O) groups excluding carboxylic acids is 3. The lowest BCUT2D eigenvalue weighted by atomic mass is 10.0. The number of benzene rings is 1. The van der Waals surface area contributed by atoms with E-state index in [9.17, 15) is 14.4 Å². The lowest BCUT2D eigenvalue weighted by Gasteiger charge is -2.40. The molecule has 2 saturated heterocycles. The molecule has 0 aromatic heterocycles. The van der Waals surface area contributed by atoms with Crippen molar-refractivity contribution in [3.8, 4) is 0 Å². The van der Waals surface area contributed by atoms with Crippen molar-refractivity contribution >= 4 is 29.5 Å². The van der Waals surface area contributed by atoms with Crippen LogP contribution in [0.5, 0.6) is 0 Å². The topological polar surface area (TPSA) is 60.9 Å². The standard InChI is InChI=1S/C20H27N3O3S/c1-2-3-9-21-10-11-23(20(26)19(21)25)17(16-7-5-4-6-8-16)18(24)22-12-14-27-15-13-22/h4-8,17H,2-3,9-15H2,1H3/t17-/m0/s1. The Hall–Kier alpha value is -2.02. The summed E-state index contributed by atoms with van der Waals surface area (Å²) in [6.45, 7) is 4.90. The molecule has 27 heavy (non-hydrogen) atoms. The number of carbonyl (C=O) groups is 3. The average molecular weight is 390 g/mol. The van der Waals surface area contributed by atoms with Gasteiger partial charge in [-0.3, -0.25) is 14.4 Å². The van der Waals surface area contributed by atoms with Crippen LogP contribution in [0.2, 0.25) is 0 Å². The Morgan fingerprint density at radius 2 is 1.74 bits per heavy atom. The van der Waals surface area contributed by atoms with Crippen molar-refractivity contribution in [2.45, 2.75) is 25.8 Å². The Labute approximate surface area is 164 Å². The molecule has 1 aromatic rings. The third-order valence-corrected chi connectivity index (χ3v) is 6.05. The van der Waals surface area contributed by atoms with Crippen molar-refractivity contribution in [2.24, 2.45) is 0 Å². The molecule has 3 rings (SSSR count). The van der Waals surface area contributed by atoms with E-state index in [4.69, 9.17) is 0 Å². The maximum atomic E-state index is 13.3. The molecule has 0 saturated carbocycles. The Bertz CT molecular complexity index is 676. The zero-order chi connectivity index (χ0) is 19.2. The molecule has 2 aliphatic heterocycles. The van der Waals surface area contributed by atoms with E-state index < -0.39 is 17.9 Å². The lowest BCUT2D eigenvalue weighted by Crippen LogP contribution is -2.58. The second-order valence-corrected chi connectivity index (χ2v) is 8.12. The van der Waals surface area contributed by atoms with Gasteiger partial charge in [-0.25, -0.2) is 0 Å². The van der Waals surface area contributed by atoms with Crippen LogP contribution in [0.4, 0.5) is 0 Å². The molecule has 146 valence electrons. The van der Waals surface area contributed by atoms with Crippen LogP contribution in [0.3, 0.4) is 0 Å². The van der Waals surface area contributed by atoms with E-state index >= 15 is 0 Å². The number of unbranched alkanes of at least 4 members (excludes halogenated alkanes) is 1. The molecule has 6 nitrogen and oxygen atoms in total. The fraction of sp³-hybridized carbons (Fsp3) is 0.550. The van der Waals surface area contributed by atoms with Crippen molar-refractivity contribution in [3.63, 3.8) is 0 Å². The Morgan fingerprint density at radius 1 is 1.04 bits per heavy atom. The predicted octanol–water partition coefficient (Wildman–Crippen LogP) is 1.77. The van der Waals surface area contributed by atoms with E-state index in [-0.39, 0.29) is 5.91 Å². The zero-order valence-electron chi connectivity index (χ0n) is 15.8. The van der Waals surface area contributed by atoms with Gasteiger partial charge in [0.15, 0.2) is 0 Å². The summed E-state index contributed by atoms with van der Waals surface area (Å²) >= 11 is 1.83. The molecule has 1 atom stereocenters. The first-order chi connectivity index (χ1) is 13.1. The first-order valence-corrected chi connectivity index (χ1v) is 10.8. The smallest absolute Gasteiger partial charge is 0.313 e. The van der Waals surface area contributed by atoms with E-state index in [1.807, 2.05) is 47.0 Å². The molecular formula is C20H27N3O3S. The Kier molecular flexibility index (Phi) is 6.77. The van der Waals surface area contributed by atoms with Crippen molar-refractivity contribution in [2.75, 3.05) is 44.2 Å². The number of piperazine rings is 1. The highest BCUT2D eigenvalue weighted by Crippen LogP contribution is 2.27. The number of amides is 3. The van der Waals surface area contributed by atoms with E-state index in [1.165, 1.54) is 4.90 Å². The van der Waals surface area contributed by atoms with Crippen LogP contribution in [0, 0.1) is 0 Å². The van der Waals surface area contributed by atoms with Crippen molar-refractivity contribution in [1.82, 2.24) is 14.7 Å². The Morgan fingerprint density at radius 3 is 2.41 bits per heavy atom. The highest BCUT2D eigenvalue weighted by molar-refractivity contribution is 7.99. The summed E-state index contributed by atoms with van der Waals surface area (Å²) < 4.78 is 0. The SMILES string of the molecule is CCCCN1CCN([C@H](C(=O)N2CCSCC2)c2ccccc2)C(=O)C1=O. The second-order valence-electron chi connectivity index (χ2n) is 6.90. The first kappa shape index (κ1) is 19.7. The lowest BCUT2D eigenvalue weighted by molar-refractivity contribution is -0.161. The van der Waals surface area contributed by atoms with E-state index in [0.717, 1.165) is 29.9 Å². The van der Waals surface area contributed by atoms with Gasteiger partial charge in [0.25, 0.3) is 0 Å². The molecule has 7 heteroatoms. The molecule has 2 fully saturated rings. The third-order valence-electron chi connectivity index (χ3n) is 5.11. The fourth-order valence-corrected chi connectivity index (χ4v) is 4.45. The number of nitrogens with zero attached hydrogens (tertiary/aromatic N) is 3. The molecule has 0 radical (unpaired) electrons. The van der Waals surface area contributed by atoms with Gasteiger partial charge >= 0.3 is 11.8 Å². The van der Waals surface area contributed by atoms with Crippen LogP contribution in [0.25, 0.3) is 0 Å². The summed E-state index contributed by atoms with van der Waals surface area (Å²) in [6.07, 6.45) is 1.85. The highest BCUT2D eigenvalue weighted by Gasteiger charge is 2.41. The molecule has 0 spiro atoms. The minimum absolute atomic E-state index is 0.0790. The van der Waals surface area contributed by atoms with Crippen LogP contribution < -0.4 is 0 Å². The maximum absolute atomic E-state index is 13.3. The van der Waals surface area contributed by atoms with E-state index in [1.54, 1.807) is 4.90 Å². The summed E-state index contributed by atoms with van der Waals surface area (Å²) in [7, 11) is 0. The van der Waals surface area contributed by atoms with Crippen LogP contribution in [-0.4, -0.2) is 76.7 Å². The van der Waals surface area contributed by atoms with Gasteiger partial charge in [-0.1, -0.05) is 43.7 Å². The first-order valence-electron chi connectivity index (χ1n) is 9.65. The molecule has 2 aliphatic rings. The summed E-state index contributed by atoms with van der Waals surface area (Å²) in [5.74, 6) is 0.684. The van der Waals surface area contributed by atoms with Crippen molar-refractivity contribution in [1.29, 1.82) is 0 Å². The Balaban J connectivity index is 1.84. The predicted molar refractivity (Wildman–Crippen MR) is 106 cm³/mol. The van der Waals surface area contributed by atoms with Gasteiger partial charge in [0, 0.05) is 44.2 Å². The highest BCUT2D eigenvalue weighted by atomic mass is 32.2. The summed E-state index contributed by atoms with van der Waals surface area (Å²) in [5.41, 5.74) is 0.767. The molecule has 1 aromatic carbocycles. The summed E-state index contributed by atoms with van der Waals surface area (Å²) in [5, 5.41) is 0. The molecule has 0 bridgehead atoms. The molecular weight excluding hydrogens is 362 g/mol. The van der Waals surface area contributed by atoms with Crippen molar-refractivity contribution in [3.05, 3.63) is 35.9 Å². The number of thioether (sulfide) groups is 1. The number of hydrogen-bond acceptors (Lipinski definition) is 4. The van der Waals surface area contributed by atoms with Crippen LogP contribution in [0.1, 0.15) is 31.4 Å². The van der Waals surface area contributed by atoms with Gasteiger partial charge in [-0.05, 0) is 12.0 Å². The molecule has 2 heterocycles. The quantitative estimate of drug-likeness (QED) is 0.696. The summed E-state index contributed by atoms with van der Waals surface area (Å²) in [4.78, 5) is 43.7. The van der Waals surface area contributed by atoms with Gasteiger partial charge in [0.05, 0.1) is 0 Å². The number of hydrogen-bond donors (Lipinski definition) is 0. The maximum Gasteiger partial charge on any atom is 0.313 e. The minimum atomic E-state index is -0.723. The normalized spacial score (nSPS) is 19.4. The van der Waals surface area contributed by atoms with E-state index in [2.05, 4.69) is 6.92 Å². The van der Waals surface area contributed by atoms with Crippen LogP contribution in [0.15, 0.2) is 30.3 Å². The van der Waals surface area contributed by atoms with Gasteiger partial charge in [0.2, 0.25) is 5.91 Å². The zero-order valence-corrected chi connectivity index (χ0v) is 16.6.